The van der Waals surface area contributed by atoms with Crippen molar-refractivity contribution in [2.24, 2.45) is 0 Å². The van der Waals surface area contributed by atoms with E-state index in [9.17, 15) is 19.5 Å². The van der Waals surface area contributed by atoms with E-state index in [0.29, 0.717) is 11.1 Å². The molecule has 1 aliphatic heterocycles. The van der Waals surface area contributed by atoms with Crippen LogP contribution in [0, 0.1) is 0 Å². The van der Waals surface area contributed by atoms with E-state index in [4.69, 9.17) is 0 Å². The number of Topliss-reactive ketones (excluding diaryl/α,β-unsaturated/α-hetero) is 1. The van der Waals surface area contributed by atoms with Gasteiger partial charge in [0.05, 0.1) is 6.54 Å². The maximum absolute atomic E-state index is 12.0. The number of ketones is 1. The fraction of sp³-hybridized carbons (Fsp3) is 0.400. The number of likely N-dealkylation sites (tertiary alicyclic amines) is 1. The Bertz CT molecular complexity index is 555. The van der Waals surface area contributed by atoms with Crippen LogP contribution in [0.3, 0.4) is 0 Å². The molecule has 1 N–H and O–H groups in total. The van der Waals surface area contributed by atoms with E-state index in [0.717, 1.165) is 0 Å². The smallest absolute Gasteiger partial charge is 0.229 e. The normalized spacial score (nSPS) is 15.8. The van der Waals surface area contributed by atoms with Gasteiger partial charge in [-0.05, 0) is 25.5 Å². The molecule has 1 aliphatic rings. The first-order chi connectivity index (χ1) is 9.29. The van der Waals surface area contributed by atoms with Gasteiger partial charge in [-0.25, -0.2) is 0 Å². The molecule has 1 fully saturated rings. The lowest BCUT2D eigenvalue weighted by Crippen LogP contribution is -2.31. The minimum absolute atomic E-state index is 0.171. The molecule has 0 aromatic heterocycles. The van der Waals surface area contributed by atoms with Gasteiger partial charge in [0.2, 0.25) is 11.8 Å². The Labute approximate surface area is 117 Å². The lowest BCUT2D eigenvalue weighted by molar-refractivity contribution is -0.139. The first kappa shape index (κ1) is 14.4. The molecule has 0 spiro atoms. The molecule has 20 heavy (non-hydrogen) atoms. The highest BCUT2D eigenvalue weighted by molar-refractivity contribution is 6.02. The topological polar surface area (TPSA) is 74.7 Å². The van der Waals surface area contributed by atoms with Crippen molar-refractivity contribution in [1.29, 1.82) is 0 Å². The van der Waals surface area contributed by atoms with Gasteiger partial charge < -0.3 is 5.11 Å². The molecule has 1 aromatic carbocycles. The zero-order valence-electron chi connectivity index (χ0n) is 11.5. The number of amides is 2. The molecule has 5 nitrogen and oxygen atoms in total. The second-order valence-corrected chi connectivity index (χ2v) is 5.46. The predicted molar refractivity (Wildman–Crippen MR) is 71.9 cm³/mol. The largest absolute Gasteiger partial charge is 0.382 e. The average Bonchev–Trinajstić information content (AvgIpc) is 2.69. The van der Waals surface area contributed by atoms with Crippen molar-refractivity contribution >= 4 is 17.6 Å². The van der Waals surface area contributed by atoms with Crippen LogP contribution in [-0.4, -0.2) is 33.2 Å². The molecule has 0 atom stereocenters. The van der Waals surface area contributed by atoms with Crippen LogP contribution in [0.2, 0.25) is 0 Å². The molecule has 0 bridgehead atoms. The van der Waals surface area contributed by atoms with Gasteiger partial charge in [0.1, 0.15) is 5.60 Å². The number of aliphatic hydroxyl groups is 1. The number of imide groups is 1. The molecule has 0 saturated carbocycles. The fourth-order valence-electron chi connectivity index (χ4n) is 2.15. The highest BCUT2D eigenvalue weighted by Gasteiger charge is 2.29. The van der Waals surface area contributed by atoms with Gasteiger partial charge in [-0.3, -0.25) is 19.3 Å². The van der Waals surface area contributed by atoms with Crippen molar-refractivity contribution in [2.45, 2.75) is 38.8 Å². The molecule has 106 valence electrons. The van der Waals surface area contributed by atoms with Crippen LogP contribution in [-0.2, 0) is 16.1 Å². The number of carbonyl (C=O) groups is 3. The van der Waals surface area contributed by atoms with E-state index >= 15 is 0 Å². The van der Waals surface area contributed by atoms with E-state index in [1.807, 2.05) is 0 Å². The first-order valence-corrected chi connectivity index (χ1v) is 6.48. The first-order valence-electron chi connectivity index (χ1n) is 6.48. The summed E-state index contributed by atoms with van der Waals surface area (Å²) in [4.78, 5) is 36.3. The van der Waals surface area contributed by atoms with E-state index in [-0.39, 0.29) is 31.2 Å². The lowest BCUT2D eigenvalue weighted by Gasteiger charge is -2.17. The summed E-state index contributed by atoms with van der Waals surface area (Å²) in [5, 5.41) is 9.73. The third-order valence-electron chi connectivity index (χ3n) is 3.24. The van der Waals surface area contributed by atoms with Crippen molar-refractivity contribution in [3.05, 3.63) is 35.4 Å². The predicted octanol–water partition coefficient (Wildman–Crippen LogP) is 1.29. The Morgan fingerprint density at radius 1 is 1.25 bits per heavy atom. The number of nitrogens with zero attached hydrogens (tertiary/aromatic N) is 1. The molecule has 2 rings (SSSR count). The number of benzene rings is 1. The molecule has 0 aliphatic carbocycles. The molecule has 1 saturated heterocycles. The van der Waals surface area contributed by atoms with Gasteiger partial charge >= 0.3 is 0 Å². The summed E-state index contributed by atoms with van der Waals surface area (Å²) in [5.74, 6) is -0.762. The van der Waals surface area contributed by atoms with E-state index in [2.05, 4.69) is 0 Å². The Morgan fingerprint density at radius 3 is 2.40 bits per heavy atom. The monoisotopic (exact) mass is 275 g/mol. The second kappa shape index (κ2) is 5.17. The zero-order chi connectivity index (χ0) is 14.9. The van der Waals surface area contributed by atoms with Crippen LogP contribution < -0.4 is 0 Å². The van der Waals surface area contributed by atoms with Crippen molar-refractivity contribution in [2.75, 3.05) is 0 Å². The Morgan fingerprint density at radius 2 is 1.85 bits per heavy atom. The highest BCUT2D eigenvalue weighted by Crippen LogP contribution is 2.18. The lowest BCUT2D eigenvalue weighted by atomic mass is 9.95. The average molecular weight is 275 g/mol. The molecule has 5 heteroatoms. The van der Waals surface area contributed by atoms with Gasteiger partial charge in [-0.15, -0.1) is 0 Å². The minimum Gasteiger partial charge on any atom is -0.382 e. The van der Waals surface area contributed by atoms with Crippen LogP contribution in [0.5, 0.6) is 0 Å². The van der Waals surface area contributed by atoms with Gasteiger partial charge in [-0.2, -0.15) is 0 Å². The Kier molecular flexibility index (Phi) is 3.72. The van der Waals surface area contributed by atoms with Crippen molar-refractivity contribution in [3.63, 3.8) is 0 Å². The molecular formula is C15H17NO4. The van der Waals surface area contributed by atoms with E-state index in [1.165, 1.54) is 18.7 Å². The fourth-order valence-corrected chi connectivity index (χ4v) is 2.15. The van der Waals surface area contributed by atoms with Crippen LogP contribution in [0.25, 0.3) is 0 Å². The summed E-state index contributed by atoms with van der Waals surface area (Å²) in [7, 11) is 0. The molecule has 1 heterocycles. The van der Waals surface area contributed by atoms with E-state index < -0.39 is 11.4 Å². The number of hydrogen-bond donors (Lipinski definition) is 1. The Hall–Kier alpha value is -2.01. The zero-order valence-corrected chi connectivity index (χ0v) is 11.5. The minimum atomic E-state index is -1.45. The van der Waals surface area contributed by atoms with Crippen molar-refractivity contribution in [1.82, 2.24) is 4.90 Å². The van der Waals surface area contributed by atoms with Crippen LogP contribution >= 0.6 is 0 Å². The maximum atomic E-state index is 12.0. The molecule has 2 amide bonds. The van der Waals surface area contributed by atoms with E-state index in [1.54, 1.807) is 24.3 Å². The SMILES string of the molecule is CC(C)(O)C(=O)c1cccc(CN2C(=O)CCC2=O)c1. The molecule has 0 unspecified atom stereocenters. The summed E-state index contributed by atoms with van der Waals surface area (Å²) in [6, 6.07) is 6.65. The summed E-state index contributed by atoms with van der Waals surface area (Å²) in [6.45, 7) is 3.02. The van der Waals surface area contributed by atoms with Crippen LogP contribution in [0.1, 0.15) is 42.6 Å². The summed E-state index contributed by atoms with van der Waals surface area (Å²) < 4.78 is 0. The molecule has 0 radical (unpaired) electrons. The van der Waals surface area contributed by atoms with Crippen molar-refractivity contribution < 1.29 is 19.5 Å². The quantitative estimate of drug-likeness (QED) is 0.663. The van der Waals surface area contributed by atoms with Gasteiger partial charge in [0.25, 0.3) is 0 Å². The molecular weight excluding hydrogens is 258 g/mol. The summed E-state index contributed by atoms with van der Waals surface area (Å²) in [6.07, 6.45) is 0.502. The summed E-state index contributed by atoms with van der Waals surface area (Å²) >= 11 is 0. The standard InChI is InChI=1S/C15H17NO4/c1-15(2,20)14(19)11-5-3-4-10(8-11)9-16-12(17)6-7-13(16)18/h3-5,8,20H,6-7,9H2,1-2H3. The van der Waals surface area contributed by atoms with Gasteiger partial charge in [0.15, 0.2) is 5.78 Å². The van der Waals surface area contributed by atoms with Gasteiger partial charge in [-0.1, -0.05) is 18.2 Å². The third-order valence-corrected chi connectivity index (χ3v) is 3.24. The number of hydrogen-bond acceptors (Lipinski definition) is 4. The van der Waals surface area contributed by atoms with Crippen LogP contribution in [0.4, 0.5) is 0 Å². The molecule has 1 aromatic rings. The Balaban J connectivity index is 2.20. The summed E-state index contributed by atoms with van der Waals surface area (Å²) in [5.41, 5.74) is -0.379. The van der Waals surface area contributed by atoms with Gasteiger partial charge in [0, 0.05) is 18.4 Å². The third kappa shape index (κ3) is 2.93. The highest BCUT2D eigenvalue weighted by atomic mass is 16.3. The van der Waals surface area contributed by atoms with Crippen LogP contribution in [0.15, 0.2) is 24.3 Å². The maximum Gasteiger partial charge on any atom is 0.229 e. The second-order valence-electron chi connectivity index (χ2n) is 5.46. The van der Waals surface area contributed by atoms with Crippen molar-refractivity contribution in [3.8, 4) is 0 Å². The number of carbonyl (C=O) groups excluding carboxylic acids is 3. The number of rotatable bonds is 4.